The third-order valence-electron chi connectivity index (χ3n) is 4.63. The fraction of sp³-hybridized carbons (Fsp3) is 0.588. The number of carboxylic acid groups (broad SMARTS) is 1. The van der Waals surface area contributed by atoms with Crippen LogP contribution in [0, 0.1) is 5.92 Å². The van der Waals surface area contributed by atoms with E-state index in [2.05, 4.69) is 29.2 Å². The van der Waals surface area contributed by atoms with Gasteiger partial charge >= 0.3 is 5.97 Å². The van der Waals surface area contributed by atoms with Crippen LogP contribution in [0.5, 0.6) is 0 Å². The summed E-state index contributed by atoms with van der Waals surface area (Å²) in [6, 6.07) is 8.65. The van der Waals surface area contributed by atoms with E-state index in [9.17, 15) is 4.79 Å². The zero-order valence-electron chi connectivity index (χ0n) is 11.9. The van der Waals surface area contributed by atoms with Gasteiger partial charge in [0.05, 0.1) is 6.42 Å². The van der Waals surface area contributed by atoms with E-state index in [0.29, 0.717) is 5.92 Å². The predicted molar refractivity (Wildman–Crippen MR) is 80.2 cm³/mol. The molecule has 1 aromatic carbocycles. The largest absolute Gasteiger partial charge is 0.481 e. The van der Waals surface area contributed by atoms with E-state index < -0.39 is 5.97 Å². The maximum atomic E-state index is 11.0. The number of rotatable bonds is 5. The SMILES string of the molecule is O=C(O)CC(c1ccc(N2CCCCC2)cc1)C1CC1. The standard InChI is InChI=1S/C17H23NO2/c19-17(20)12-16(13-4-5-13)14-6-8-15(9-7-14)18-10-2-1-3-11-18/h6-9,13,16H,1-5,10-12H2,(H,19,20). The van der Waals surface area contributed by atoms with Crippen LogP contribution in [-0.2, 0) is 4.79 Å². The van der Waals surface area contributed by atoms with Gasteiger partial charge in [-0.3, -0.25) is 4.79 Å². The smallest absolute Gasteiger partial charge is 0.303 e. The van der Waals surface area contributed by atoms with Crippen molar-refractivity contribution >= 4 is 11.7 Å². The van der Waals surface area contributed by atoms with E-state index in [0.717, 1.165) is 13.1 Å². The lowest BCUT2D eigenvalue weighted by Crippen LogP contribution is -2.29. The van der Waals surface area contributed by atoms with Crippen molar-refractivity contribution in [2.24, 2.45) is 5.92 Å². The van der Waals surface area contributed by atoms with Crippen LogP contribution in [0.4, 0.5) is 5.69 Å². The molecular weight excluding hydrogens is 250 g/mol. The summed E-state index contributed by atoms with van der Waals surface area (Å²) in [7, 11) is 0. The van der Waals surface area contributed by atoms with Crippen molar-refractivity contribution in [1.82, 2.24) is 0 Å². The van der Waals surface area contributed by atoms with Crippen LogP contribution >= 0.6 is 0 Å². The lowest BCUT2D eigenvalue weighted by atomic mass is 9.91. The summed E-state index contributed by atoms with van der Waals surface area (Å²) >= 11 is 0. The second-order valence-electron chi connectivity index (χ2n) is 6.18. The van der Waals surface area contributed by atoms with Gasteiger partial charge in [0.25, 0.3) is 0 Å². The van der Waals surface area contributed by atoms with Gasteiger partial charge in [-0.05, 0) is 61.6 Å². The van der Waals surface area contributed by atoms with Gasteiger partial charge in [-0.1, -0.05) is 12.1 Å². The summed E-state index contributed by atoms with van der Waals surface area (Å²) in [6.45, 7) is 2.31. The van der Waals surface area contributed by atoms with Gasteiger partial charge in [0.1, 0.15) is 0 Å². The van der Waals surface area contributed by atoms with Gasteiger partial charge in [-0.2, -0.15) is 0 Å². The predicted octanol–water partition coefficient (Wildman–Crippen LogP) is 3.65. The van der Waals surface area contributed by atoms with Crippen LogP contribution in [0.25, 0.3) is 0 Å². The third kappa shape index (κ3) is 3.14. The van der Waals surface area contributed by atoms with E-state index in [1.807, 2.05) is 0 Å². The molecule has 1 aliphatic carbocycles. The Morgan fingerprint density at radius 1 is 1.15 bits per heavy atom. The van der Waals surface area contributed by atoms with Crippen molar-refractivity contribution in [2.45, 2.75) is 44.4 Å². The monoisotopic (exact) mass is 273 g/mol. The van der Waals surface area contributed by atoms with E-state index in [-0.39, 0.29) is 12.3 Å². The fourth-order valence-corrected chi connectivity index (χ4v) is 3.33. The van der Waals surface area contributed by atoms with Gasteiger partial charge in [0.15, 0.2) is 0 Å². The molecule has 1 atom stereocenters. The van der Waals surface area contributed by atoms with Crippen LogP contribution in [0.2, 0.25) is 0 Å². The number of hydrogen-bond acceptors (Lipinski definition) is 2. The molecule has 2 aliphatic rings. The minimum atomic E-state index is -0.679. The van der Waals surface area contributed by atoms with Gasteiger partial charge in [0.2, 0.25) is 0 Å². The van der Waals surface area contributed by atoms with Gasteiger partial charge in [0, 0.05) is 18.8 Å². The molecule has 1 saturated carbocycles. The quantitative estimate of drug-likeness (QED) is 0.890. The fourth-order valence-electron chi connectivity index (χ4n) is 3.33. The lowest BCUT2D eigenvalue weighted by molar-refractivity contribution is -0.137. The molecule has 1 heterocycles. The molecular formula is C17H23NO2. The zero-order chi connectivity index (χ0) is 13.9. The molecule has 1 aliphatic heterocycles. The summed E-state index contributed by atoms with van der Waals surface area (Å²) in [5.41, 5.74) is 2.49. The summed E-state index contributed by atoms with van der Waals surface area (Å²) in [5.74, 6) is 0.122. The Balaban J connectivity index is 1.72. The first kappa shape index (κ1) is 13.5. The number of hydrogen-bond donors (Lipinski definition) is 1. The molecule has 1 aromatic rings. The molecule has 0 bridgehead atoms. The van der Waals surface area contributed by atoms with Crippen molar-refractivity contribution < 1.29 is 9.90 Å². The molecule has 1 saturated heterocycles. The molecule has 3 heteroatoms. The maximum Gasteiger partial charge on any atom is 0.303 e. The van der Waals surface area contributed by atoms with Crippen molar-refractivity contribution in [3.05, 3.63) is 29.8 Å². The number of aliphatic carboxylic acids is 1. The maximum absolute atomic E-state index is 11.0. The molecule has 3 rings (SSSR count). The highest BCUT2D eigenvalue weighted by Crippen LogP contribution is 2.44. The lowest BCUT2D eigenvalue weighted by Gasteiger charge is -2.29. The highest BCUT2D eigenvalue weighted by Gasteiger charge is 2.33. The van der Waals surface area contributed by atoms with Crippen LogP contribution in [-0.4, -0.2) is 24.2 Å². The molecule has 0 radical (unpaired) electrons. The second kappa shape index (κ2) is 5.86. The molecule has 2 fully saturated rings. The summed E-state index contributed by atoms with van der Waals surface area (Å²) < 4.78 is 0. The van der Waals surface area contributed by atoms with Crippen LogP contribution in [0.15, 0.2) is 24.3 Å². The van der Waals surface area contributed by atoms with Crippen molar-refractivity contribution in [1.29, 1.82) is 0 Å². The molecule has 1 unspecified atom stereocenters. The molecule has 20 heavy (non-hydrogen) atoms. The van der Waals surface area contributed by atoms with Gasteiger partial charge in [-0.25, -0.2) is 0 Å². The normalized spacial score (nSPS) is 20.7. The molecule has 3 nitrogen and oxygen atoms in total. The van der Waals surface area contributed by atoms with E-state index in [1.54, 1.807) is 0 Å². The summed E-state index contributed by atoms with van der Waals surface area (Å²) in [4.78, 5) is 13.5. The Morgan fingerprint density at radius 2 is 1.80 bits per heavy atom. The topological polar surface area (TPSA) is 40.5 Å². The van der Waals surface area contributed by atoms with Crippen LogP contribution in [0.1, 0.15) is 50.0 Å². The second-order valence-corrected chi connectivity index (χ2v) is 6.18. The van der Waals surface area contributed by atoms with Gasteiger partial charge < -0.3 is 10.0 Å². The average Bonchev–Trinajstić information content (AvgIpc) is 3.30. The van der Waals surface area contributed by atoms with Crippen molar-refractivity contribution in [3.8, 4) is 0 Å². The van der Waals surface area contributed by atoms with Crippen molar-refractivity contribution in [2.75, 3.05) is 18.0 Å². The minimum absolute atomic E-state index is 0.211. The average molecular weight is 273 g/mol. The summed E-state index contributed by atoms with van der Waals surface area (Å²) in [5, 5.41) is 9.07. The molecule has 0 amide bonds. The number of carboxylic acids is 1. The van der Waals surface area contributed by atoms with Crippen molar-refractivity contribution in [3.63, 3.8) is 0 Å². The van der Waals surface area contributed by atoms with Crippen LogP contribution < -0.4 is 4.90 Å². The molecule has 0 spiro atoms. The van der Waals surface area contributed by atoms with E-state index in [4.69, 9.17) is 5.11 Å². The number of anilines is 1. The molecule has 0 aromatic heterocycles. The van der Waals surface area contributed by atoms with Crippen LogP contribution in [0.3, 0.4) is 0 Å². The Bertz CT molecular complexity index is 458. The number of piperidine rings is 1. The molecule has 1 N–H and O–H groups in total. The number of carbonyl (C=O) groups is 1. The number of nitrogens with zero attached hydrogens (tertiary/aromatic N) is 1. The minimum Gasteiger partial charge on any atom is -0.481 e. The van der Waals surface area contributed by atoms with E-state index >= 15 is 0 Å². The van der Waals surface area contributed by atoms with Gasteiger partial charge in [-0.15, -0.1) is 0 Å². The summed E-state index contributed by atoms with van der Waals surface area (Å²) in [6.07, 6.45) is 6.55. The molecule has 108 valence electrons. The first-order chi connectivity index (χ1) is 9.74. The highest BCUT2D eigenvalue weighted by molar-refractivity contribution is 5.68. The third-order valence-corrected chi connectivity index (χ3v) is 4.63. The Kier molecular flexibility index (Phi) is 3.95. The highest BCUT2D eigenvalue weighted by atomic mass is 16.4. The Hall–Kier alpha value is -1.51. The first-order valence-electron chi connectivity index (χ1n) is 7.81. The Morgan fingerprint density at radius 3 is 2.35 bits per heavy atom. The zero-order valence-corrected chi connectivity index (χ0v) is 11.9. The first-order valence-corrected chi connectivity index (χ1v) is 7.81. The van der Waals surface area contributed by atoms with E-state index in [1.165, 1.54) is 43.4 Å². The Labute approximate surface area is 120 Å². The number of benzene rings is 1.